The van der Waals surface area contributed by atoms with E-state index in [9.17, 15) is 13.9 Å². The minimum atomic E-state index is -0.806. The SMILES string of the molecule is Cc1cc(N(C)C)ccc1-c1ccc2[nH]c(-c3c(F)cc(O)cc3F)cc2c1. The summed E-state index contributed by atoms with van der Waals surface area (Å²) >= 11 is 0. The van der Waals surface area contributed by atoms with Gasteiger partial charge in [-0.1, -0.05) is 12.1 Å². The van der Waals surface area contributed by atoms with Crippen LogP contribution in [-0.2, 0) is 0 Å². The van der Waals surface area contributed by atoms with Crippen molar-refractivity contribution in [2.45, 2.75) is 6.92 Å². The zero-order valence-corrected chi connectivity index (χ0v) is 15.8. The lowest BCUT2D eigenvalue weighted by Crippen LogP contribution is -2.08. The van der Waals surface area contributed by atoms with E-state index in [1.165, 1.54) is 0 Å². The van der Waals surface area contributed by atoms with Crippen molar-refractivity contribution in [1.29, 1.82) is 0 Å². The molecule has 0 bridgehead atoms. The van der Waals surface area contributed by atoms with Gasteiger partial charge in [0.15, 0.2) is 0 Å². The van der Waals surface area contributed by atoms with Crippen molar-refractivity contribution >= 4 is 16.6 Å². The van der Waals surface area contributed by atoms with Crippen molar-refractivity contribution in [1.82, 2.24) is 4.98 Å². The number of phenols is 1. The maximum atomic E-state index is 14.2. The number of nitrogens with one attached hydrogen (secondary N) is 1. The number of hydrogen-bond acceptors (Lipinski definition) is 2. The average molecular weight is 378 g/mol. The molecule has 2 N–H and O–H groups in total. The molecular weight excluding hydrogens is 358 g/mol. The smallest absolute Gasteiger partial charge is 0.139 e. The Labute approximate surface area is 161 Å². The van der Waals surface area contributed by atoms with E-state index in [2.05, 4.69) is 35.0 Å². The Morgan fingerprint density at radius 2 is 1.61 bits per heavy atom. The number of fused-ring (bicyclic) bond motifs is 1. The van der Waals surface area contributed by atoms with Gasteiger partial charge in [0.25, 0.3) is 0 Å². The largest absolute Gasteiger partial charge is 0.508 e. The third-order valence-electron chi connectivity index (χ3n) is 4.95. The molecule has 0 aliphatic carbocycles. The summed E-state index contributed by atoms with van der Waals surface area (Å²) in [6.45, 7) is 2.07. The van der Waals surface area contributed by atoms with Crippen LogP contribution in [0.25, 0.3) is 33.3 Å². The van der Waals surface area contributed by atoms with Crippen LogP contribution in [0.1, 0.15) is 5.56 Å². The zero-order chi connectivity index (χ0) is 20.0. The number of benzene rings is 3. The number of aryl methyl sites for hydroxylation is 1. The molecule has 3 nitrogen and oxygen atoms in total. The number of halogens is 2. The van der Waals surface area contributed by atoms with Gasteiger partial charge in [-0.05, 0) is 53.9 Å². The fourth-order valence-corrected chi connectivity index (χ4v) is 3.50. The molecule has 3 aromatic carbocycles. The van der Waals surface area contributed by atoms with Crippen LogP contribution in [0.15, 0.2) is 54.6 Å². The lowest BCUT2D eigenvalue weighted by Gasteiger charge is -2.15. The molecule has 4 aromatic rings. The van der Waals surface area contributed by atoms with Crippen molar-refractivity contribution in [3.8, 4) is 28.1 Å². The number of nitrogens with zero attached hydrogens (tertiary/aromatic N) is 1. The second-order valence-electron chi connectivity index (χ2n) is 7.16. The Hall–Kier alpha value is -3.34. The monoisotopic (exact) mass is 378 g/mol. The van der Waals surface area contributed by atoms with E-state index < -0.39 is 17.4 Å². The van der Waals surface area contributed by atoms with Crippen LogP contribution in [0.2, 0.25) is 0 Å². The third-order valence-corrected chi connectivity index (χ3v) is 4.95. The van der Waals surface area contributed by atoms with Crippen LogP contribution < -0.4 is 4.90 Å². The minimum absolute atomic E-state index is 0.179. The van der Waals surface area contributed by atoms with E-state index in [0.29, 0.717) is 5.69 Å². The number of H-pyrrole nitrogens is 1. The Balaban J connectivity index is 1.80. The van der Waals surface area contributed by atoms with Crippen molar-refractivity contribution in [2.24, 2.45) is 0 Å². The summed E-state index contributed by atoms with van der Waals surface area (Å²) in [6, 6.07) is 15.7. The Bertz CT molecular complexity index is 1170. The first-order chi connectivity index (χ1) is 13.3. The van der Waals surface area contributed by atoms with Crippen LogP contribution >= 0.6 is 0 Å². The molecule has 0 fully saturated rings. The summed E-state index contributed by atoms with van der Waals surface area (Å²) in [5.41, 5.74) is 5.36. The van der Waals surface area contributed by atoms with Gasteiger partial charge in [0.1, 0.15) is 17.4 Å². The summed E-state index contributed by atoms with van der Waals surface area (Å²) in [5.74, 6) is -2.05. The fraction of sp³-hybridized carbons (Fsp3) is 0.130. The molecule has 0 aliphatic rings. The first-order valence-corrected chi connectivity index (χ1v) is 8.93. The predicted molar refractivity (Wildman–Crippen MR) is 110 cm³/mol. The Kier molecular flexibility index (Phi) is 4.30. The molecule has 0 amide bonds. The van der Waals surface area contributed by atoms with E-state index in [4.69, 9.17) is 0 Å². The maximum Gasteiger partial charge on any atom is 0.139 e. The molecule has 0 unspecified atom stereocenters. The van der Waals surface area contributed by atoms with Crippen molar-refractivity contribution < 1.29 is 13.9 Å². The van der Waals surface area contributed by atoms with E-state index in [1.54, 1.807) is 6.07 Å². The Morgan fingerprint density at radius 3 is 2.25 bits per heavy atom. The standard InChI is InChI=1S/C23H20F2N2O/c1-13-8-16(27(2)3)5-6-18(13)14-4-7-21-15(9-14)10-22(26-21)23-19(24)11-17(28)12-20(23)25/h4-12,26,28H,1-3H3. The van der Waals surface area contributed by atoms with Gasteiger partial charge < -0.3 is 15.0 Å². The first kappa shape index (κ1) is 18.0. The number of aromatic nitrogens is 1. The molecular formula is C23H20F2N2O. The van der Waals surface area contributed by atoms with E-state index >= 15 is 0 Å². The minimum Gasteiger partial charge on any atom is -0.508 e. The van der Waals surface area contributed by atoms with Crippen LogP contribution in [-0.4, -0.2) is 24.2 Å². The quantitative estimate of drug-likeness (QED) is 0.469. The number of aromatic hydroxyl groups is 1. The van der Waals surface area contributed by atoms with Crippen LogP contribution in [0.3, 0.4) is 0 Å². The third kappa shape index (κ3) is 3.09. The second-order valence-corrected chi connectivity index (χ2v) is 7.16. The lowest BCUT2D eigenvalue weighted by molar-refractivity contribution is 0.461. The molecule has 1 aromatic heterocycles. The molecule has 5 heteroatoms. The van der Waals surface area contributed by atoms with Crippen molar-refractivity contribution in [2.75, 3.05) is 19.0 Å². The Morgan fingerprint density at radius 1 is 0.893 bits per heavy atom. The zero-order valence-electron chi connectivity index (χ0n) is 15.8. The highest BCUT2D eigenvalue weighted by Gasteiger charge is 2.16. The first-order valence-electron chi connectivity index (χ1n) is 8.93. The molecule has 0 radical (unpaired) electrons. The molecule has 4 rings (SSSR count). The number of phenolic OH excluding ortho intramolecular Hbond substituents is 1. The van der Waals surface area contributed by atoms with E-state index in [-0.39, 0.29) is 5.56 Å². The van der Waals surface area contributed by atoms with Crippen LogP contribution in [0.5, 0.6) is 5.75 Å². The number of anilines is 1. The fourth-order valence-electron chi connectivity index (χ4n) is 3.50. The molecule has 0 aliphatic heterocycles. The van der Waals surface area contributed by atoms with Gasteiger partial charge in [-0.2, -0.15) is 0 Å². The van der Waals surface area contributed by atoms with Gasteiger partial charge in [0.05, 0.1) is 11.3 Å². The summed E-state index contributed by atoms with van der Waals surface area (Å²) in [7, 11) is 4.01. The van der Waals surface area contributed by atoms with Gasteiger partial charge in [-0.15, -0.1) is 0 Å². The number of aromatic amines is 1. The van der Waals surface area contributed by atoms with Gasteiger partial charge in [-0.25, -0.2) is 8.78 Å². The number of rotatable bonds is 3. The summed E-state index contributed by atoms with van der Waals surface area (Å²) in [4.78, 5) is 5.12. The average Bonchev–Trinajstić information content (AvgIpc) is 3.03. The molecule has 0 saturated heterocycles. The highest BCUT2D eigenvalue weighted by molar-refractivity contribution is 5.90. The van der Waals surface area contributed by atoms with Crippen LogP contribution in [0, 0.1) is 18.6 Å². The van der Waals surface area contributed by atoms with Gasteiger partial charge in [-0.3, -0.25) is 0 Å². The topological polar surface area (TPSA) is 39.3 Å². The van der Waals surface area contributed by atoms with Crippen LogP contribution in [0.4, 0.5) is 14.5 Å². The van der Waals surface area contributed by atoms with Gasteiger partial charge >= 0.3 is 0 Å². The molecule has 0 spiro atoms. The van der Waals surface area contributed by atoms with E-state index in [0.717, 1.165) is 45.4 Å². The number of hydrogen-bond donors (Lipinski definition) is 2. The van der Waals surface area contributed by atoms with E-state index in [1.807, 2.05) is 32.3 Å². The van der Waals surface area contributed by atoms with Crippen molar-refractivity contribution in [3.63, 3.8) is 0 Å². The summed E-state index contributed by atoms with van der Waals surface area (Å²) < 4.78 is 28.4. The summed E-state index contributed by atoms with van der Waals surface area (Å²) in [5, 5.41) is 10.2. The molecule has 0 atom stereocenters. The summed E-state index contributed by atoms with van der Waals surface area (Å²) in [6.07, 6.45) is 0. The molecule has 1 heterocycles. The molecule has 0 saturated carbocycles. The van der Waals surface area contributed by atoms with Gasteiger partial charge in [0.2, 0.25) is 0 Å². The van der Waals surface area contributed by atoms with Crippen molar-refractivity contribution in [3.05, 3.63) is 71.8 Å². The normalized spacial score (nSPS) is 11.2. The highest BCUT2D eigenvalue weighted by atomic mass is 19.1. The van der Waals surface area contributed by atoms with Gasteiger partial charge in [0, 0.05) is 42.8 Å². The molecule has 28 heavy (non-hydrogen) atoms. The lowest BCUT2D eigenvalue weighted by atomic mass is 9.98. The molecule has 142 valence electrons. The second kappa shape index (κ2) is 6.68. The predicted octanol–water partition coefficient (Wildman–Crippen LogP) is 5.86. The highest BCUT2D eigenvalue weighted by Crippen LogP contribution is 2.34. The maximum absolute atomic E-state index is 14.2.